The van der Waals surface area contributed by atoms with Crippen LogP contribution in [-0.4, -0.2) is 53.9 Å². The zero-order chi connectivity index (χ0) is 20.5. The van der Waals surface area contributed by atoms with Gasteiger partial charge in [-0.3, -0.25) is 4.90 Å². The summed E-state index contributed by atoms with van der Waals surface area (Å²) in [6, 6.07) is 1.88. The van der Waals surface area contributed by atoms with Crippen LogP contribution < -0.4 is 5.32 Å². The molecule has 1 atom stereocenters. The minimum atomic E-state index is -0.474. The standard InChI is InChI=1S/C20H20ClFN8/c21-12-6-14-15(8-26-18(14)25-7-12)19-27-9-16(22)20(29-19)28-13-2-1-5-30(10-13)11-17-23-3-4-24-17/h3-4,6-9,13H,1-2,5,10-11H2,(H,23,24)(H,25,26)(H,27,28,29). The van der Waals surface area contributed by atoms with E-state index in [1.54, 1.807) is 24.7 Å². The van der Waals surface area contributed by atoms with Gasteiger partial charge in [-0.25, -0.2) is 24.3 Å². The van der Waals surface area contributed by atoms with Crippen LogP contribution in [0.3, 0.4) is 0 Å². The smallest absolute Gasteiger partial charge is 0.183 e. The molecule has 5 rings (SSSR count). The summed E-state index contributed by atoms with van der Waals surface area (Å²) < 4.78 is 14.5. The maximum Gasteiger partial charge on any atom is 0.183 e. The van der Waals surface area contributed by atoms with Crippen molar-refractivity contribution in [1.82, 2.24) is 34.8 Å². The predicted octanol–water partition coefficient (Wildman–Crippen LogP) is 3.61. The highest BCUT2D eigenvalue weighted by Gasteiger charge is 2.22. The molecule has 5 heterocycles. The molecule has 8 nitrogen and oxygen atoms in total. The van der Waals surface area contributed by atoms with Gasteiger partial charge in [0.1, 0.15) is 11.5 Å². The summed E-state index contributed by atoms with van der Waals surface area (Å²) in [7, 11) is 0. The third-order valence-corrected chi connectivity index (χ3v) is 5.46. The Morgan fingerprint density at radius 3 is 3.03 bits per heavy atom. The van der Waals surface area contributed by atoms with E-state index < -0.39 is 5.82 Å². The number of piperidine rings is 1. The average Bonchev–Trinajstić information content (AvgIpc) is 3.39. The highest BCUT2D eigenvalue weighted by atomic mass is 35.5. The minimum Gasteiger partial charge on any atom is -0.363 e. The van der Waals surface area contributed by atoms with Crippen LogP contribution >= 0.6 is 11.6 Å². The number of pyridine rings is 1. The molecule has 1 unspecified atom stereocenters. The third kappa shape index (κ3) is 3.86. The van der Waals surface area contributed by atoms with E-state index in [-0.39, 0.29) is 11.9 Å². The Kier molecular flexibility index (Phi) is 5.06. The average molecular weight is 427 g/mol. The van der Waals surface area contributed by atoms with Crippen molar-refractivity contribution in [2.24, 2.45) is 0 Å². The summed E-state index contributed by atoms with van der Waals surface area (Å²) in [6.07, 6.45) is 10.1. The molecule has 1 fully saturated rings. The zero-order valence-corrected chi connectivity index (χ0v) is 16.8. The lowest BCUT2D eigenvalue weighted by molar-refractivity contribution is 0.204. The molecule has 0 saturated carbocycles. The van der Waals surface area contributed by atoms with Gasteiger partial charge in [0.2, 0.25) is 0 Å². The second kappa shape index (κ2) is 8.00. The van der Waals surface area contributed by atoms with Crippen molar-refractivity contribution in [3.8, 4) is 11.4 Å². The molecule has 1 aliphatic rings. The quantitative estimate of drug-likeness (QED) is 0.451. The number of likely N-dealkylation sites (tertiary alicyclic amines) is 1. The van der Waals surface area contributed by atoms with Gasteiger partial charge in [0.15, 0.2) is 17.5 Å². The van der Waals surface area contributed by atoms with Crippen molar-refractivity contribution in [2.45, 2.75) is 25.4 Å². The molecule has 0 radical (unpaired) electrons. The summed E-state index contributed by atoms with van der Waals surface area (Å²) >= 11 is 6.08. The lowest BCUT2D eigenvalue weighted by atomic mass is 10.1. The van der Waals surface area contributed by atoms with Gasteiger partial charge >= 0.3 is 0 Å². The minimum absolute atomic E-state index is 0.0880. The first-order valence-corrected chi connectivity index (χ1v) is 10.2. The zero-order valence-electron chi connectivity index (χ0n) is 16.1. The van der Waals surface area contributed by atoms with Crippen LogP contribution in [0.1, 0.15) is 18.7 Å². The Morgan fingerprint density at radius 2 is 2.17 bits per heavy atom. The third-order valence-electron chi connectivity index (χ3n) is 5.26. The first kappa shape index (κ1) is 19.0. The monoisotopic (exact) mass is 426 g/mol. The fourth-order valence-corrected chi connectivity index (χ4v) is 4.03. The van der Waals surface area contributed by atoms with Gasteiger partial charge in [-0.1, -0.05) is 11.6 Å². The van der Waals surface area contributed by atoms with Crippen LogP contribution in [0.4, 0.5) is 10.2 Å². The predicted molar refractivity (Wildman–Crippen MR) is 113 cm³/mol. The second-order valence-electron chi connectivity index (χ2n) is 7.40. The summed E-state index contributed by atoms with van der Waals surface area (Å²) in [5.74, 6) is 1.07. The van der Waals surface area contributed by atoms with Crippen LogP contribution in [0.5, 0.6) is 0 Å². The number of H-pyrrole nitrogens is 2. The van der Waals surface area contributed by atoms with Gasteiger partial charge in [-0.15, -0.1) is 0 Å². The molecule has 3 N–H and O–H groups in total. The molecule has 1 aliphatic heterocycles. The van der Waals surface area contributed by atoms with Crippen molar-refractivity contribution in [2.75, 3.05) is 18.4 Å². The number of hydrogen-bond acceptors (Lipinski definition) is 6. The van der Waals surface area contributed by atoms with Crippen molar-refractivity contribution in [3.05, 3.63) is 53.7 Å². The Bertz CT molecular complexity index is 1160. The van der Waals surface area contributed by atoms with Crippen LogP contribution in [-0.2, 0) is 6.54 Å². The number of aromatic amines is 2. The summed E-state index contributed by atoms with van der Waals surface area (Å²) in [5.41, 5.74) is 1.41. The van der Waals surface area contributed by atoms with E-state index in [9.17, 15) is 4.39 Å². The molecule has 0 bridgehead atoms. The van der Waals surface area contributed by atoms with Crippen molar-refractivity contribution in [3.63, 3.8) is 0 Å². The summed E-state index contributed by atoms with van der Waals surface area (Å²) in [5, 5.41) is 4.58. The van der Waals surface area contributed by atoms with Crippen LogP contribution in [0.15, 0.2) is 37.1 Å². The highest BCUT2D eigenvalue weighted by molar-refractivity contribution is 6.31. The molecule has 4 aromatic heterocycles. The van der Waals surface area contributed by atoms with Crippen LogP contribution in [0.2, 0.25) is 5.02 Å². The van der Waals surface area contributed by atoms with E-state index in [0.717, 1.165) is 49.2 Å². The molecule has 0 aliphatic carbocycles. The SMILES string of the molecule is Fc1cnc(-c2c[nH]c3ncc(Cl)cc23)nc1NC1CCCN(Cc2ncc[nH]2)C1. The van der Waals surface area contributed by atoms with Crippen molar-refractivity contribution >= 4 is 28.5 Å². The van der Waals surface area contributed by atoms with Crippen LogP contribution in [0, 0.1) is 5.82 Å². The van der Waals surface area contributed by atoms with Gasteiger partial charge < -0.3 is 15.3 Å². The Balaban J connectivity index is 1.36. The Hall–Kier alpha value is -3.04. The largest absolute Gasteiger partial charge is 0.363 e. The van der Waals surface area contributed by atoms with E-state index in [0.29, 0.717) is 16.5 Å². The van der Waals surface area contributed by atoms with Gasteiger partial charge in [0, 0.05) is 48.3 Å². The molecule has 4 aromatic rings. The Labute approximate surface area is 176 Å². The number of imidazole rings is 1. The number of hydrogen-bond donors (Lipinski definition) is 3. The lowest BCUT2D eigenvalue weighted by Gasteiger charge is -2.32. The topological polar surface area (TPSA) is 98.4 Å². The van der Waals surface area contributed by atoms with E-state index in [1.807, 2.05) is 6.20 Å². The number of fused-ring (bicyclic) bond motifs is 1. The molecule has 0 amide bonds. The fourth-order valence-electron chi connectivity index (χ4n) is 3.87. The molecule has 154 valence electrons. The first-order valence-electron chi connectivity index (χ1n) is 9.78. The number of nitrogens with zero attached hydrogens (tertiary/aromatic N) is 5. The van der Waals surface area contributed by atoms with Crippen molar-refractivity contribution in [1.29, 1.82) is 0 Å². The number of rotatable bonds is 5. The maximum absolute atomic E-state index is 14.5. The number of aromatic nitrogens is 6. The number of nitrogens with one attached hydrogen (secondary N) is 3. The van der Waals surface area contributed by atoms with E-state index in [2.05, 4.69) is 40.1 Å². The van der Waals surface area contributed by atoms with Gasteiger partial charge in [-0.2, -0.15) is 0 Å². The normalized spacial score (nSPS) is 17.5. The highest BCUT2D eigenvalue weighted by Crippen LogP contribution is 2.28. The molecule has 0 spiro atoms. The van der Waals surface area contributed by atoms with E-state index in [1.165, 1.54) is 6.20 Å². The first-order chi connectivity index (χ1) is 14.7. The number of halogens is 2. The van der Waals surface area contributed by atoms with Crippen molar-refractivity contribution < 1.29 is 4.39 Å². The van der Waals surface area contributed by atoms with Gasteiger partial charge in [-0.05, 0) is 25.5 Å². The molecule has 0 aromatic carbocycles. The van der Waals surface area contributed by atoms with Gasteiger partial charge in [0.25, 0.3) is 0 Å². The fraction of sp³-hybridized carbons (Fsp3) is 0.300. The summed E-state index contributed by atoms with van der Waals surface area (Å²) in [6.45, 7) is 2.51. The van der Waals surface area contributed by atoms with Gasteiger partial charge in [0.05, 0.1) is 17.8 Å². The van der Waals surface area contributed by atoms with E-state index in [4.69, 9.17) is 11.6 Å². The summed E-state index contributed by atoms with van der Waals surface area (Å²) in [4.78, 5) is 25.7. The molecule has 1 saturated heterocycles. The second-order valence-corrected chi connectivity index (χ2v) is 7.83. The number of anilines is 1. The molecule has 10 heteroatoms. The maximum atomic E-state index is 14.5. The molecular weight excluding hydrogens is 407 g/mol. The van der Waals surface area contributed by atoms with Crippen LogP contribution in [0.25, 0.3) is 22.4 Å². The van der Waals surface area contributed by atoms with E-state index >= 15 is 0 Å². The Morgan fingerprint density at radius 1 is 1.23 bits per heavy atom. The molecular formula is C20H20ClFN8. The molecule has 30 heavy (non-hydrogen) atoms. The lowest BCUT2D eigenvalue weighted by Crippen LogP contribution is -2.42.